The zero-order valence-corrected chi connectivity index (χ0v) is 24.6. The minimum Gasteiger partial charge on any atom is -0.356 e. The van der Waals surface area contributed by atoms with Crippen molar-refractivity contribution in [2.45, 2.75) is 98.2 Å². The number of hydrogen-bond acceptors (Lipinski definition) is 6. The predicted molar refractivity (Wildman–Crippen MR) is 146 cm³/mol. The van der Waals surface area contributed by atoms with E-state index in [0.717, 1.165) is 0 Å². The van der Waals surface area contributed by atoms with E-state index >= 15 is 0 Å². The molecule has 0 spiro atoms. The second-order valence-corrected chi connectivity index (χ2v) is 14.7. The average Bonchev–Trinajstić information content (AvgIpc) is 3.08. The fraction of sp³-hybridized carbons (Fsp3) is 0.852. The largest absolute Gasteiger partial charge is 0.356 e. The van der Waals surface area contributed by atoms with Crippen LogP contribution in [0, 0.1) is 34.0 Å². The molecule has 3 rings (SSSR count). The molecular weight excluding hydrogens is 490 g/mol. The van der Waals surface area contributed by atoms with Crippen LogP contribution in [0.15, 0.2) is 0 Å². The van der Waals surface area contributed by atoms with Gasteiger partial charge in [0.15, 0.2) is 0 Å². The zero-order valence-electron chi connectivity index (χ0n) is 23.7. The first-order chi connectivity index (χ1) is 16.8. The minimum atomic E-state index is -0.761. The van der Waals surface area contributed by atoms with Gasteiger partial charge in [0.25, 0.3) is 0 Å². The molecule has 5 N–H and O–H groups in total. The number of likely N-dealkylation sites (tertiary alicyclic amines) is 1. The number of carbonyl (C=O) groups excluding carboxylic acids is 4. The second kappa shape index (κ2) is 10.4. The Hall–Kier alpha value is -1.81. The van der Waals surface area contributed by atoms with Gasteiger partial charge in [0.05, 0.1) is 11.4 Å². The van der Waals surface area contributed by atoms with Gasteiger partial charge < -0.3 is 26.6 Å². The van der Waals surface area contributed by atoms with E-state index in [9.17, 15) is 19.2 Å². The molecule has 210 valence electrons. The highest BCUT2D eigenvalue weighted by Gasteiger charge is 2.69. The summed E-state index contributed by atoms with van der Waals surface area (Å²) < 4.78 is 0. The molecule has 0 aromatic heterocycles. The van der Waals surface area contributed by atoms with Crippen LogP contribution in [0.25, 0.3) is 0 Å². The second-order valence-electron chi connectivity index (χ2n) is 14.1. The molecule has 0 radical (unpaired) electrons. The third-order valence-corrected chi connectivity index (χ3v) is 8.67. The first-order valence-electron chi connectivity index (χ1n) is 13.5. The maximum absolute atomic E-state index is 14.0. The van der Waals surface area contributed by atoms with Crippen molar-refractivity contribution >= 4 is 36.3 Å². The smallest absolute Gasteiger partial charge is 0.246 e. The van der Waals surface area contributed by atoms with Crippen molar-refractivity contribution in [3.8, 4) is 0 Å². The maximum Gasteiger partial charge on any atom is 0.246 e. The number of fused-ring (bicyclic) bond motifs is 1. The molecule has 1 aliphatic carbocycles. The molecule has 2 saturated heterocycles. The Balaban J connectivity index is 1.81. The molecular formula is C27H47N5O4S. The summed E-state index contributed by atoms with van der Waals surface area (Å²) in [6.45, 7) is 17.0. The fourth-order valence-corrected chi connectivity index (χ4v) is 6.25. The Morgan fingerprint density at radius 3 is 2.27 bits per heavy atom. The number of nitrogens with zero attached hydrogens (tertiary/aromatic N) is 1. The lowest BCUT2D eigenvalue weighted by atomic mass is 9.84. The number of piperidine rings is 1. The molecule has 1 saturated carbocycles. The van der Waals surface area contributed by atoms with Gasteiger partial charge in [-0.05, 0) is 40.9 Å². The van der Waals surface area contributed by atoms with Crippen LogP contribution in [-0.2, 0) is 19.2 Å². The number of rotatable bonds is 8. The van der Waals surface area contributed by atoms with Crippen molar-refractivity contribution in [3.63, 3.8) is 0 Å². The molecule has 4 amide bonds. The summed E-state index contributed by atoms with van der Waals surface area (Å²) in [5.74, 6) is -0.711. The molecule has 3 aliphatic rings. The van der Waals surface area contributed by atoms with E-state index in [1.807, 2.05) is 41.5 Å². The molecule has 2 heterocycles. The third kappa shape index (κ3) is 6.61. The van der Waals surface area contributed by atoms with E-state index in [1.165, 1.54) is 0 Å². The Morgan fingerprint density at radius 2 is 1.78 bits per heavy atom. The first kappa shape index (κ1) is 29.7. The van der Waals surface area contributed by atoms with Gasteiger partial charge in [-0.15, -0.1) is 0 Å². The summed E-state index contributed by atoms with van der Waals surface area (Å²) in [4.78, 5) is 54.3. The number of nitrogens with one attached hydrogen (secondary N) is 3. The highest BCUT2D eigenvalue weighted by molar-refractivity contribution is 7.80. The van der Waals surface area contributed by atoms with E-state index in [2.05, 4.69) is 42.4 Å². The Bertz CT molecular complexity index is 923. The highest BCUT2D eigenvalue weighted by Crippen LogP contribution is 2.65. The third-order valence-electron chi connectivity index (χ3n) is 8.31. The predicted octanol–water partition coefficient (Wildman–Crippen LogP) is 1.66. The molecule has 0 aromatic rings. The lowest BCUT2D eigenvalue weighted by molar-refractivity contribution is -0.146. The summed E-state index contributed by atoms with van der Waals surface area (Å²) in [5, 5.41) is 8.18. The van der Waals surface area contributed by atoms with Crippen LogP contribution in [0.3, 0.4) is 0 Å². The summed E-state index contributed by atoms with van der Waals surface area (Å²) >= 11 is 4.39. The van der Waals surface area contributed by atoms with Gasteiger partial charge in [0.1, 0.15) is 12.1 Å². The summed E-state index contributed by atoms with van der Waals surface area (Å²) in [7, 11) is 0. The van der Waals surface area contributed by atoms with Crippen LogP contribution in [0.2, 0.25) is 0 Å². The normalized spacial score (nSPS) is 29.1. The number of amides is 4. The Morgan fingerprint density at radius 1 is 1.16 bits per heavy atom. The number of hydrogen-bond donors (Lipinski definition) is 5. The SMILES string of the molecule is CC(C)(C)CC(=O)N[C@H](C(=O)N1C[C@H]2[C@@H]([C@H]1C(=O)N[C@@H](C[C@@H]1CCNC1=O)[C@H](N)S)C2(C)C)C(C)(C)C. The molecule has 0 aromatic carbocycles. The van der Waals surface area contributed by atoms with Crippen LogP contribution >= 0.6 is 12.6 Å². The van der Waals surface area contributed by atoms with Gasteiger partial charge in [-0.1, -0.05) is 55.4 Å². The van der Waals surface area contributed by atoms with E-state index in [4.69, 9.17) is 5.73 Å². The summed E-state index contributed by atoms with van der Waals surface area (Å²) in [6, 6.07) is -1.93. The number of nitrogens with two attached hydrogens (primary N) is 1. The molecule has 37 heavy (non-hydrogen) atoms. The van der Waals surface area contributed by atoms with E-state index in [-0.39, 0.29) is 52.2 Å². The van der Waals surface area contributed by atoms with Crippen molar-refractivity contribution in [2.75, 3.05) is 13.1 Å². The van der Waals surface area contributed by atoms with Crippen molar-refractivity contribution in [2.24, 2.45) is 39.7 Å². The Labute approximate surface area is 227 Å². The van der Waals surface area contributed by atoms with Crippen molar-refractivity contribution in [1.29, 1.82) is 0 Å². The zero-order chi connectivity index (χ0) is 28.1. The number of carbonyl (C=O) groups is 4. The number of thiol groups is 1. The van der Waals surface area contributed by atoms with Gasteiger partial charge >= 0.3 is 0 Å². The van der Waals surface area contributed by atoms with Crippen molar-refractivity contribution in [3.05, 3.63) is 0 Å². The van der Waals surface area contributed by atoms with Gasteiger partial charge in [0, 0.05) is 25.4 Å². The Kier molecular flexibility index (Phi) is 8.36. The van der Waals surface area contributed by atoms with Gasteiger partial charge in [0.2, 0.25) is 23.6 Å². The van der Waals surface area contributed by atoms with Crippen LogP contribution < -0.4 is 21.7 Å². The van der Waals surface area contributed by atoms with Gasteiger partial charge in [-0.25, -0.2) is 0 Å². The average molecular weight is 538 g/mol. The topological polar surface area (TPSA) is 134 Å². The molecule has 7 atom stereocenters. The highest BCUT2D eigenvalue weighted by atomic mass is 32.1. The quantitative estimate of drug-likeness (QED) is 0.237. The fourth-order valence-electron chi connectivity index (χ4n) is 6.05. The van der Waals surface area contributed by atoms with Crippen LogP contribution in [0.4, 0.5) is 0 Å². The lowest BCUT2D eigenvalue weighted by Crippen LogP contribution is -2.60. The van der Waals surface area contributed by atoms with Gasteiger partial charge in [-0.2, -0.15) is 12.6 Å². The lowest BCUT2D eigenvalue weighted by Gasteiger charge is -2.38. The van der Waals surface area contributed by atoms with E-state index in [1.54, 1.807) is 4.90 Å². The molecule has 10 heteroatoms. The molecule has 0 unspecified atom stereocenters. The first-order valence-corrected chi connectivity index (χ1v) is 14.0. The molecule has 3 fully saturated rings. The standard InChI is InChI=1S/C27H47N5O4S/c1-25(2,3)12-17(33)31-20(26(4,5)6)24(36)32-13-15-18(27(15,7)8)19(32)23(35)30-16(21(28)37)11-14-9-10-29-22(14)34/h14-16,18-21,37H,9-13,28H2,1-8H3,(H,29,34)(H,30,35)(H,31,33)/t14-,15-,16-,18-,19-,20+,21+/m0/s1. The molecule has 2 aliphatic heterocycles. The summed E-state index contributed by atoms with van der Waals surface area (Å²) in [5.41, 5.74) is 5.28. The summed E-state index contributed by atoms with van der Waals surface area (Å²) in [6.07, 6.45) is 1.39. The van der Waals surface area contributed by atoms with Crippen molar-refractivity contribution in [1.82, 2.24) is 20.9 Å². The maximum atomic E-state index is 14.0. The van der Waals surface area contributed by atoms with Crippen LogP contribution in [0.5, 0.6) is 0 Å². The molecule has 9 nitrogen and oxygen atoms in total. The monoisotopic (exact) mass is 537 g/mol. The minimum absolute atomic E-state index is 0.0221. The van der Waals surface area contributed by atoms with Crippen LogP contribution in [0.1, 0.15) is 74.7 Å². The van der Waals surface area contributed by atoms with Crippen LogP contribution in [-0.4, -0.2) is 65.1 Å². The molecule has 0 bridgehead atoms. The van der Waals surface area contributed by atoms with E-state index < -0.39 is 28.9 Å². The van der Waals surface area contributed by atoms with E-state index in [0.29, 0.717) is 32.4 Å². The van der Waals surface area contributed by atoms with Gasteiger partial charge in [-0.3, -0.25) is 19.2 Å². The van der Waals surface area contributed by atoms with Crippen molar-refractivity contribution < 1.29 is 19.2 Å².